The zero-order valence-electron chi connectivity index (χ0n) is 11.8. The van der Waals surface area contributed by atoms with Gasteiger partial charge in [0.1, 0.15) is 5.60 Å². The molecule has 0 aliphatic carbocycles. The van der Waals surface area contributed by atoms with Crippen LogP contribution in [0.25, 0.3) is 0 Å². The maximum atomic E-state index is 11.5. The van der Waals surface area contributed by atoms with Crippen molar-refractivity contribution >= 4 is 12.1 Å². The number of carbonyl (C=O) groups excluding carboxylic acids is 1. The van der Waals surface area contributed by atoms with Crippen molar-refractivity contribution in [1.82, 2.24) is 10.2 Å². The first kappa shape index (κ1) is 15.4. The highest BCUT2D eigenvalue weighted by Crippen LogP contribution is 2.16. The standard InChI is InChI=1S/C12H24N4O3/c1-12(2,3)19-11(17)14-8-9-4-6-16(7-5-9)10(13)15-18/h9,18H,4-8H2,1-3H3,(H2,13,15)(H,14,17). The molecule has 110 valence electrons. The first-order chi connectivity index (χ1) is 8.81. The van der Waals surface area contributed by atoms with E-state index in [0.29, 0.717) is 12.5 Å². The van der Waals surface area contributed by atoms with Gasteiger partial charge in [-0.3, -0.25) is 0 Å². The third-order valence-electron chi connectivity index (χ3n) is 2.97. The SMILES string of the molecule is CC(C)(C)OC(=O)NCC1CCN(/C(N)=N/O)CC1. The molecule has 1 heterocycles. The first-order valence-electron chi connectivity index (χ1n) is 6.51. The number of oxime groups is 1. The molecule has 1 amide bonds. The summed E-state index contributed by atoms with van der Waals surface area (Å²) in [4.78, 5) is 13.3. The molecule has 1 aliphatic heterocycles. The van der Waals surface area contributed by atoms with Crippen molar-refractivity contribution < 1.29 is 14.7 Å². The number of carbonyl (C=O) groups is 1. The van der Waals surface area contributed by atoms with E-state index in [1.807, 2.05) is 25.7 Å². The lowest BCUT2D eigenvalue weighted by atomic mass is 9.97. The minimum absolute atomic E-state index is 0.151. The van der Waals surface area contributed by atoms with Gasteiger partial charge in [0.15, 0.2) is 0 Å². The highest BCUT2D eigenvalue weighted by molar-refractivity contribution is 5.77. The van der Waals surface area contributed by atoms with Gasteiger partial charge in [0, 0.05) is 19.6 Å². The number of nitrogens with zero attached hydrogens (tertiary/aromatic N) is 2. The van der Waals surface area contributed by atoms with Crippen molar-refractivity contribution in [3.8, 4) is 0 Å². The molecule has 1 aliphatic rings. The molecular weight excluding hydrogens is 248 g/mol. The van der Waals surface area contributed by atoms with E-state index in [1.165, 1.54) is 0 Å². The molecule has 19 heavy (non-hydrogen) atoms. The number of hydrogen-bond acceptors (Lipinski definition) is 4. The van der Waals surface area contributed by atoms with E-state index in [0.717, 1.165) is 25.9 Å². The van der Waals surface area contributed by atoms with E-state index in [4.69, 9.17) is 15.7 Å². The van der Waals surface area contributed by atoms with Crippen LogP contribution >= 0.6 is 0 Å². The molecule has 7 nitrogen and oxygen atoms in total. The molecule has 1 saturated heterocycles. The van der Waals surface area contributed by atoms with Crippen molar-refractivity contribution in [2.24, 2.45) is 16.8 Å². The fraction of sp³-hybridized carbons (Fsp3) is 0.833. The van der Waals surface area contributed by atoms with E-state index >= 15 is 0 Å². The van der Waals surface area contributed by atoms with Gasteiger partial charge in [0.25, 0.3) is 0 Å². The fourth-order valence-electron chi connectivity index (χ4n) is 1.97. The highest BCUT2D eigenvalue weighted by Gasteiger charge is 2.22. The summed E-state index contributed by atoms with van der Waals surface area (Å²) in [5.74, 6) is 0.550. The van der Waals surface area contributed by atoms with Gasteiger partial charge >= 0.3 is 6.09 Å². The summed E-state index contributed by atoms with van der Waals surface area (Å²) in [6.45, 7) is 7.57. The summed E-state index contributed by atoms with van der Waals surface area (Å²) in [7, 11) is 0. The third-order valence-corrected chi connectivity index (χ3v) is 2.97. The van der Waals surface area contributed by atoms with Gasteiger partial charge in [-0.1, -0.05) is 5.16 Å². The number of piperidine rings is 1. The molecule has 0 spiro atoms. The van der Waals surface area contributed by atoms with Gasteiger partial charge < -0.3 is 25.9 Å². The van der Waals surface area contributed by atoms with Crippen LogP contribution in [0.3, 0.4) is 0 Å². The van der Waals surface area contributed by atoms with Crippen LogP contribution in [-0.4, -0.2) is 47.4 Å². The van der Waals surface area contributed by atoms with Crippen molar-refractivity contribution in [2.75, 3.05) is 19.6 Å². The number of guanidine groups is 1. The van der Waals surface area contributed by atoms with Crippen LogP contribution in [0.2, 0.25) is 0 Å². The Bertz CT molecular complexity index is 330. The molecular formula is C12H24N4O3. The Hall–Kier alpha value is -1.66. The molecule has 0 radical (unpaired) electrons. The molecule has 0 saturated carbocycles. The second-order valence-electron chi connectivity index (χ2n) is 5.77. The highest BCUT2D eigenvalue weighted by atomic mass is 16.6. The van der Waals surface area contributed by atoms with Crippen LogP contribution in [0.4, 0.5) is 4.79 Å². The molecule has 0 bridgehead atoms. The number of hydrogen-bond donors (Lipinski definition) is 3. The third kappa shape index (κ3) is 5.67. The molecule has 0 aromatic rings. The quantitative estimate of drug-likeness (QED) is 0.300. The Morgan fingerprint density at radius 2 is 2.05 bits per heavy atom. The molecule has 0 unspecified atom stereocenters. The molecule has 1 fully saturated rings. The van der Waals surface area contributed by atoms with E-state index in [1.54, 1.807) is 0 Å². The smallest absolute Gasteiger partial charge is 0.407 e. The number of nitrogens with two attached hydrogens (primary N) is 1. The molecule has 1 rings (SSSR count). The maximum Gasteiger partial charge on any atom is 0.407 e. The monoisotopic (exact) mass is 272 g/mol. The summed E-state index contributed by atoms with van der Waals surface area (Å²) in [6, 6.07) is 0. The lowest BCUT2D eigenvalue weighted by Gasteiger charge is -2.32. The largest absolute Gasteiger partial charge is 0.444 e. The number of alkyl carbamates (subject to hydrolysis) is 1. The lowest BCUT2D eigenvalue weighted by Crippen LogP contribution is -2.45. The van der Waals surface area contributed by atoms with Crippen LogP contribution in [0.15, 0.2) is 5.16 Å². The van der Waals surface area contributed by atoms with Gasteiger partial charge in [-0.2, -0.15) is 0 Å². The summed E-state index contributed by atoms with van der Waals surface area (Å²) in [5.41, 5.74) is 5.05. The van der Waals surface area contributed by atoms with Gasteiger partial charge in [-0.15, -0.1) is 0 Å². The second-order valence-corrected chi connectivity index (χ2v) is 5.77. The van der Waals surface area contributed by atoms with Crippen LogP contribution in [0, 0.1) is 5.92 Å². The maximum absolute atomic E-state index is 11.5. The fourth-order valence-corrected chi connectivity index (χ4v) is 1.97. The molecule has 7 heteroatoms. The van der Waals surface area contributed by atoms with E-state index in [2.05, 4.69) is 10.5 Å². The van der Waals surface area contributed by atoms with Crippen LogP contribution < -0.4 is 11.1 Å². The zero-order valence-corrected chi connectivity index (χ0v) is 11.8. The predicted octanol–water partition coefficient (Wildman–Crippen LogP) is 0.927. The number of likely N-dealkylation sites (tertiary alicyclic amines) is 1. The summed E-state index contributed by atoms with van der Waals surface area (Å²) < 4.78 is 5.17. The van der Waals surface area contributed by atoms with Crippen molar-refractivity contribution in [3.63, 3.8) is 0 Å². The Kier molecular flexibility index (Phi) is 5.26. The number of amides is 1. The Balaban J connectivity index is 2.25. The lowest BCUT2D eigenvalue weighted by molar-refractivity contribution is 0.0513. The van der Waals surface area contributed by atoms with Crippen LogP contribution in [-0.2, 0) is 4.74 Å². The van der Waals surface area contributed by atoms with E-state index in [-0.39, 0.29) is 12.1 Å². The summed E-state index contributed by atoms with van der Waals surface area (Å²) in [6.07, 6.45) is 1.41. The van der Waals surface area contributed by atoms with Gasteiger partial charge in [0.2, 0.25) is 5.96 Å². The Labute approximate surface area is 113 Å². The van der Waals surface area contributed by atoms with Crippen molar-refractivity contribution in [3.05, 3.63) is 0 Å². The minimum Gasteiger partial charge on any atom is -0.444 e. The summed E-state index contributed by atoms with van der Waals surface area (Å²) in [5, 5.41) is 14.3. The number of ether oxygens (including phenoxy) is 1. The van der Waals surface area contributed by atoms with Crippen molar-refractivity contribution in [1.29, 1.82) is 0 Å². The van der Waals surface area contributed by atoms with E-state index in [9.17, 15) is 4.79 Å². The first-order valence-corrected chi connectivity index (χ1v) is 6.51. The topological polar surface area (TPSA) is 100 Å². The molecule has 0 aromatic carbocycles. The second kappa shape index (κ2) is 6.49. The Morgan fingerprint density at radius 1 is 1.47 bits per heavy atom. The number of rotatable bonds is 2. The average Bonchev–Trinajstić information content (AvgIpc) is 2.34. The minimum atomic E-state index is -0.473. The van der Waals surface area contributed by atoms with Gasteiger partial charge in [-0.05, 0) is 39.5 Å². The van der Waals surface area contributed by atoms with Crippen LogP contribution in [0.1, 0.15) is 33.6 Å². The van der Waals surface area contributed by atoms with Gasteiger partial charge in [0.05, 0.1) is 0 Å². The summed E-state index contributed by atoms with van der Waals surface area (Å²) >= 11 is 0. The molecule has 0 atom stereocenters. The predicted molar refractivity (Wildman–Crippen MR) is 71.9 cm³/mol. The van der Waals surface area contributed by atoms with Crippen molar-refractivity contribution in [2.45, 2.75) is 39.2 Å². The molecule has 0 aromatic heterocycles. The van der Waals surface area contributed by atoms with Crippen LogP contribution in [0.5, 0.6) is 0 Å². The molecule has 4 N–H and O–H groups in total. The Morgan fingerprint density at radius 3 is 2.53 bits per heavy atom. The van der Waals surface area contributed by atoms with E-state index < -0.39 is 5.60 Å². The van der Waals surface area contributed by atoms with Gasteiger partial charge in [-0.25, -0.2) is 4.79 Å². The zero-order chi connectivity index (χ0) is 14.5. The number of nitrogens with one attached hydrogen (secondary N) is 1. The average molecular weight is 272 g/mol. The normalized spacial score (nSPS) is 18.3.